The number of hydrogen-bond donors (Lipinski definition) is 0. The van der Waals surface area contributed by atoms with E-state index in [2.05, 4.69) is 20.8 Å². The highest BCUT2D eigenvalue weighted by Gasteiger charge is 2.27. The summed E-state index contributed by atoms with van der Waals surface area (Å²) in [6.07, 6.45) is 0.125. The summed E-state index contributed by atoms with van der Waals surface area (Å²) in [5.41, 5.74) is 2.87. The maximum atomic E-state index is 13.8. The Morgan fingerprint density at radius 2 is 1.56 bits per heavy atom. The molecule has 0 aliphatic rings. The summed E-state index contributed by atoms with van der Waals surface area (Å²) in [6.45, 7) is 8.38. The average Bonchev–Trinajstić information content (AvgIpc) is 2.79. The van der Waals surface area contributed by atoms with Crippen molar-refractivity contribution in [1.29, 1.82) is 0 Å². The third-order valence-corrected chi connectivity index (χ3v) is 7.62. The van der Waals surface area contributed by atoms with Gasteiger partial charge in [-0.05, 0) is 59.4 Å². The molecule has 0 spiro atoms. The Labute approximate surface area is 207 Å². The number of carbonyl (C=O) groups is 1. The van der Waals surface area contributed by atoms with Gasteiger partial charge in [-0.3, -0.25) is 9.10 Å². The fourth-order valence-corrected chi connectivity index (χ4v) is 5.15. The summed E-state index contributed by atoms with van der Waals surface area (Å²) in [4.78, 5) is 12.0. The molecule has 0 bridgehead atoms. The second-order valence-corrected chi connectivity index (χ2v) is 11.3. The van der Waals surface area contributed by atoms with Crippen LogP contribution in [0.15, 0.2) is 77.7 Å². The Hall–Kier alpha value is -2.83. The molecule has 3 aromatic rings. The third kappa shape index (κ3) is 6.19. The van der Waals surface area contributed by atoms with Crippen LogP contribution in [0.3, 0.4) is 0 Å². The van der Waals surface area contributed by atoms with Crippen LogP contribution < -0.4 is 4.31 Å². The second-order valence-electron chi connectivity index (χ2n) is 9.03. The molecule has 5 nitrogen and oxygen atoms in total. The zero-order valence-corrected chi connectivity index (χ0v) is 21.5. The number of anilines is 1. The van der Waals surface area contributed by atoms with Crippen molar-refractivity contribution in [2.24, 2.45) is 0 Å². The van der Waals surface area contributed by atoms with Gasteiger partial charge in [0.15, 0.2) is 0 Å². The maximum Gasteiger partial charge on any atom is 0.310 e. The van der Waals surface area contributed by atoms with Crippen molar-refractivity contribution in [3.8, 4) is 0 Å². The first-order valence-corrected chi connectivity index (χ1v) is 13.0. The standard InChI is InChI=1S/C27H30ClNO4S/c1-5-33-26(30)18-20-10-14-23(15-11-20)29(19-21-8-6-7-9-25(21)28)34(31,32)24-16-12-22(13-17-24)27(2,3)4/h6-17H,5,18-19H2,1-4H3. The number of esters is 1. The van der Waals surface area contributed by atoms with Gasteiger partial charge in [0.05, 0.1) is 30.2 Å². The van der Waals surface area contributed by atoms with Crippen LogP contribution in [0, 0.1) is 0 Å². The average molecular weight is 500 g/mol. The Morgan fingerprint density at radius 3 is 2.12 bits per heavy atom. The minimum Gasteiger partial charge on any atom is -0.466 e. The molecule has 180 valence electrons. The summed E-state index contributed by atoms with van der Waals surface area (Å²) in [5, 5.41) is 0.490. The van der Waals surface area contributed by atoms with E-state index in [1.165, 1.54) is 4.31 Å². The van der Waals surface area contributed by atoms with Crippen molar-refractivity contribution in [3.63, 3.8) is 0 Å². The lowest BCUT2D eigenvalue weighted by molar-refractivity contribution is -0.142. The molecule has 0 amide bonds. The van der Waals surface area contributed by atoms with Crippen LogP contribution in [0.25, 0.3) is 0 Å². The van der Waals surface area contributed by atoms with Gasteiger partial charge < -0.3 is 4.74 Å². The Kier molecular flexibility index (Phi) is 8.05. The van der Waals surface area contributed by atoms with Crippen molar-refractivity contribution in [2.75, 3.05) is 10.9 Å². The predicted octanol–water partition coefficient (Wildman–Crippen LogP) is 6.14. The van der Waals surface area contributed by atoms with E-state index in [-0.39, 0.29) is 29.2 Å². The van der Waals surface area contributed by atoms with Gasteiger partial charge in [-0.25, -0.2) is 8.42 Å². The van der Waals surface area contributed by atoms with Crippen LogP contribution in [-0.2, 0) is 37.9 Å². The molecule has 0 saturated carbocycles. The topological polar surface area (TPSA) is 63.7 Å². The second kappa shape index (κ2) is 10.6. The lowest BCUT2D eigenvalue weighted by atomic mass is 9.87. The van der Waals surface area contributed by atoms with Crippen molar-refractivity contribution in [1.82, 2.24) is 0 Å². The van der Waals surface area contributed by atoms with Gasteiger partial charge in [0.1, 0.15) is 0 Å². The smallest absolute Gasteiger partial charge is 0.310 e. The highest BCUT2D eigenvalue weighted by molar-refractivity contribution is 7.92. The first-order valence-electron chi connectivity index (χ1n) is 11.1. The zero-order valence-electron chi connectivity index (χ0n) is 19.9. The van der Waals surface area contributed by atoms with Gasteiger partial charge in [-0.1, -0.05) is 74.8 Å². The number of carbonyl (C=O) groups excluding carboxylic acids is 1. The van der Waals surface area contributed by atoms with E-state index in [1.54, 1.807) is 55.5 Å². The van der Waals surface area contributed by atoms with Crippen molar-refractivity contribution < 1.29 is 17.9 Å². The van der Waals surface area contributed by atoms with E-state index in [9.17, 15) is 13.2 Å². The molecule has 0 aliphatic carbocycles. The number of hydrogen-bond acceptors (Lipinski definition) is 4. The molecule has 34 heavy (non-hydrogen) atoms. The molecule has 3 rings (SSSR count). The van der Waals surface area contributed by atoms with Crippen molar-refractivity contribution in [2.45, 2.75) is 51.0 Å². The van der Waals surface area contributed by atoms with Crippen molar-refractivity contribution >= 4 is 33.3 Å². The van der Waals surface area contributed by atoms with Gasteiger partial charge >= 0.3 is 5.97 Å². The van der Waals surface area contributed by atoms with Crippen LogP contribution in [0.5, 0.6) is 0 Å². The summed E-state index contributed by atoms with van der Waals surface area (Å²) in [5.74, 6) is -0.324. The van der Waals surface area contributed by atoms with Crippen LogP contribution in [-0.4, -0.2) is 21.0 Å². The lowest BCUT2D eigenvalue weighted by Crippen LogP contribution is -2.30. The Morgan fingerprint density at radius 1 is 0.941 bits per heavy atom. The van der Waals surface area contributed by atoms with Crippen LogP contribution in [0.2, 0.25) is 5.02 Å². The number of sulfonamides is 1. The van der Waals surface area contributed by atoms with E-state index in [0.717, 1.165) is 11.1 Å². The number of nitrogens with zero attached hydrogens (tertiary/aromatic N) is 1. The monoisotopic (exact) mass is 499 g/mol. The highest BCUT2D eigenvalue weighted by atomic mass is 35.5. The number of ether oxygens (including phenoxy) is 1. The van der Waals surface area contributed by atoms with Gasteiger partial charge in [0.2, 0.25) is 0 Å². The fraction of sp³-hybridized carbons (Fsp3) is 0.296. The van der Waals surface area contributed by atoms with Crippen molar-refractivity contribution in [3.05, 3.63) is 94.5 Å². The minimum absolute atomic E-state index is 0.0697. The highest BCUT2D eigenvalue weighted by Crippen LogP contribution is 2.30. The summed E-state index contributed by atoms with van der Waals surface area (Å²) < 4.78 is 33.9. The molecule has 0 aromatic heterocycles. The molecule has 0 heterocycles. The Balaban J connectivity index is 2.00. The van der Waals surface area contributed by atoms with E-state index in [0.29, 0.717) is 22.9 Å². The molecule has 0 saturated heterocycles. The molecule has 0 N–H and O–H groups in total. The molecule has 0 fully saturated rings. The summed E-state index contributed by atoms with van der Waals surface area (Å²) in [7, 11) is -3.89. The van der Waals surface area contributed by atoms with E-state index in [1.807, 2.05) is 24.3 Å². The maximum absolute atomic E-state index is 13.8. The van der Waals surface area contributed by atoms with E-state index >= 15 is 0 Å². The SMILES string of the molecule is CCOC(=O)Cc1ccc(N(Cc2ccccc2Cl)S(=O)(=O)c2ccc(C(C)(C)C)cc2)cc1. The molecule has 0 radical (unpaired) electrons. The van der Waals surface area contributed by atoms with Crippen LogP contribution in [0.4, 0.5) is 5.69 Å². The zero-order chi connectivity index (χ0) is 24.9. The molecule has 7 heteroatoms. The Bertz CT molecular complexity index is 1230. The van der Waals surface area contributed by atoms with E-state index in [4.69, 9.17) is 16.3 Å². The molecule has 3 aromatic carbocycles. The quantitative estimate of drug-likeness (QED) is 0.349. The van der Waals surface area contributed by atoms with Crippen LogP contribution in [0.1, 0.15) is 44.4 Å². The lowest BCUT2D eigenvalue weighted by Gasteiger charge is -2.26. The largest absolute Gasteiger partial charge is 0.466 e. The molecular weight excluding hydrogens is 470 g/mol. The third-order valence-electron chi connectivity index (χ3n) is 5.46. The minimum atomic E-state index is -3.89. The van der Waals surface area contributed by atoms with E-state index < -0.39 is 10.0 Å². The normalized spacial score (nSPS) is 11.8. The molecule has 0 aliphatic heterocycles. The first-order chi connectivity index (χ1) is 16.0. The number of rotatable bonds is 8. The first kappa shape index (κ1) is 25.8. The van der Waals surface area contributed by atoms with Crippen LogP contribution >= 0.6 is 11.6 Å². The van der Waals surface area contributed by atoms with Gasteiger partial charge in [-0.2, -0.15) is 0 Å². The van der Waals surface area contributed by atoms with Gasteiger partial charge in [0.25, 0.3) is 10.0 Å². The fourth-order valence-electron chi connectivity index (χ4n) is 3.51. The van der Waals surface area contributed by atoms with Gasteiger partial charge in [0, 0.05) is 5.02 Å². The number of halogens is 1. The molecule has 0 unspecified atom stereocenters. The predicted molar refractivity (Wildman–Crippen MR) is 137 cm³/mol. The summed E-state index contributed by atoms with van der Waals surface area (Å²) >= 11 is 6.36. The summed E-state index contributed by atoms with van der Waals surface area (Å²) in [6, 6.07) is 21.0. The molecular formula is C27H30ClNO4S. The molecule has 0 atom stereocenters. The van der Waals surface area contributed by atoms with Gasteiger partial charge in [-0.15, -0.1) is 0 Å². The number of benzene rings is 3.